The SMILES string of the molecule is Cc1cc(NC2CCN(C(=O)c3ccc(C)c(F)c3)CC2)ncn1. The number of anilines is 1. The molecule has 0 aliphatic carbocycles. The maximum absolute atomic E-state index is 13.7. The quantitative estimate of drug-likeness (QED) is 0.941. The van der Waals surface area contributed by atoms with Crippen LogP contribution in [0.4, 0.5) is 10.2 Å². The highest BCUT2D eigenvalue weighted by molar-refractivity contribution is 5.94. The second-order valence-electron chi connectivity index (χ2n) is 6.22. The number of halogens is 1. The van der Waals surface area contributed by atoms with E-state index in [-0.39, 0.29) is 17.8 Å². The standard InChI is InChI=1S/C18H21FN4O/c1-12-3-4-14(10-16(12)19)18(24)23-7-5-15(6-8-23)22-17-9-13(2)20-11-21-17/h3-4,9-11,15H,5-8H2,1-2H3,(H,20,21,22). The molecule has 0 radical (unpaired) electrons. The van der Waals surface area contributed by atoms with Crippen LogP contribution in [0.5, 0.6) is 0 Å². The van der Waals surface area contributed by atoms with Crippen molar-refractivity contribution in [1.29, 1.82) is 0 Å². The minimum absolute atomic E-state index is 0.106. The first-order chi connectivity index (χ1) is 11.5. The predicted octanol–water partition coefficient (Wildman–Crippen LogP) is 2.95. The Morgan fingerprint density at radius 3 is 2.62 bits per heavy atom. The maximum Gasteiger partial charge on any atom is 0.253 e. The average Bonchev–Trinajstić information content (AvgIpc) is 2.57. The molecule has 0 spiro atoms. The van der Waals surface area contributed by atoms with Crippen LogP contribution >= 0.6 is 0 Å². The number of nitrogens with one attached hydrogen (secondary N) is 1. The number of aryl methyl sites for hydroxylation is 2. The number of piperidine rings is 1. The highest BCUT2D eigenvalue weighted by Crippen LogP contribution is 2.18. The number of amides is 1. The van der Waals surface area contributed by atoms with Gasteiger partial charge in [0, 0.05) is 36.5 Å². The molecule has 2 heterocycles. The van der Waals surface area contributed by atoms with E-state index in [0.717, 1.165) is 24.4 Å². The van der Waals surface area contributed by atoms with Crippen LogP contribution in [0.25, 0.3) is 0 Å². The number of carbonyl (C=O) groups excluding carboxylic acids is 1. The van der Waals surface area contributed by atoms with E-state index in [4.69, 9.17) is 0 Å². The summed E-state index contributed by atoms with van der Waals surface area (Å²) in [4.78, 5) is 22.6. The summed E-state index contributed by atoms with van der Waals surface area (Å²) in [6, 6.07) is 6.85. The molecule has 1 amide bonds. The van der Waals surface area contributed by atoms with Crippen molar-refractivity contribution >= 4 is 11.7 Å². The summed E-state index contributed by atoms with van der Waals surface area (Å²) in [6.07, 6.45) is 3.22. The fourth-order valence-corrected chi connectivity index (χ4v) is 2.88. The summed E-state index contributed by atoms with van der Waals surface area (Å²) >= 11 is 0. The second-order valence-corrected chi connectivity index (χ2v) is 6.22. The molecule has 1 fully saturated rings. The van der Waals surface area contributed by atoms with E-state index in [0.29, 0.717) is 24.2 Å². The van der Waals surface area contributed by atoms with Crippen molar-refractivity contribution in [3.63, 3.8) is 0 Å². The van der Waals surface area contributed by atoms with Gasteiger partial charge in [0.1, 0.15) is 18.0 Å². The molecular formula is C18H21FN4O. The van der Waals surface area contributed by atoms with Gasteiger partial charge < -0.3 is 10.2 Å². The fourth-order valence-electron chi connectivity index (χ4n) is 2.88. The van der Waals surface area contributed by atoms with E-state index in [1.165, 1.54) is 6.07 Å². The van der Waals surface area contributed by atoms with Crippen molar-refractivity contribution in [2.24, 2.45) is 0 Å². The maximum atomic E-state index is 13.7. The number of nitrogens with zero attached hydrogens (tertiary/aromatic N) is 3. The van der Waals surface area contributed by atoms with Gasteiger partial charge >= 0.3 is 0 Å². The molecule has 0 bridgehead atoms. The van der Waals surface area contributed by atoms with Crippen LogP contribution in [0.1, 0.15) is 34.5 Å². The smallest absolute Gasteiger partial charge is 0.253 e. The summed E-state index contributed by atoms with van der Waals surface area (Å²) < 4.78 is 13.7. The Bertz CT molecular complexity index is 742. The van der Waals surface area contributed by atoms with E-state index in [1.807, 2.05) is 13.0 Å². The predicted molar refractivity (Wildman–Crippen MR) is 90.5 cm³/mol. The monoisotopic (exact) mass is 328 g/mol. The van der Waals surface area contributed by atoms with E-state index in [2.05, 4.69) is 15.3 Å². The van der Waals surface area contributed by atoms with Gasteiger partial charge in [0.15, 0.2) is 0 Å². The summed E-state index contributed by atoms with van der Waals surface area (Å²) in [5.41, 5.74) is 1.88. The molecular weight excluding hydrogens is 307 g/mol. The first kappa shape index (κ1) is 16.4. The summed E-state index contributed by atoms with van der Waals surface area (Å²) in [5, 5.41) is 3.39. The normalized spacial score (nSPS) is 15.4. The van der Waals surface area contributed by atoms with Gasteiger partial charge in [-0.2, -0.15) is 0 Å². The summed E-state index contributed by atoms with van der Waals surface area (Å²) in [7, 11) is 0. The van der Waals surface area contributed by atoms with Crippen molar-refractivity contribution in [3.8, 4) is 0 Å². The Hall–Kier alpha value is -2.50. The van der Waals surface area contributed by atoms with Crippen molar-refractivity contribution in [3.05, 3.63) is 53.2 Å². The molecule has 1 N–H and O–H groups in total. The molecule has 5 nitrogen and oxygen atoms in total. The summed E-state index contributed by atoms with van der Waals surface area (Å²) in [6.45, 7) is 4.91. The Morgan fingerprint density at radius 2 is 1.96 bits per heavy atom. The number of carbonyl (C=O) groups is 1. The lowest BCUT2D eigenvalue weighted by Crippen LogP contribution is -2.42. The van der Waals surface area contributed by atoms with Crippen LogP contribution < -0.4 is 5.32 Å². The Kier molecular flexibility index (Phi) is 4.74. The third kappa shape index (κ3) is 3.69. The second kappa shape index (κ2) is 6.95. The number of hydrogen-bond donors (Lipinski definition) is 1. The molecule has 0 unspecified atom stereocenters. The van der Waals surface area contributed by atoms with Gasteiger partial charge in [0.2, 0.25) is 0 Å². The first-order valence-corrected chi connectivity index (χ1v) is 8.13. The number of rotatable bonds is 3. The number of benzene rings is 1. The number of likely N-dealkylation sites (tertiary alicyclic amines) is 1. The molecule has 1 saturated heterocycles. The molecule has 1 aromatic carbocycles. The molecule has 2 aromatic rings. The zero-order chi connectivity index (χ0) is 17.1. The minimum atomic E-state index is -0.337. The van der Waals surface area contributed by atoms with Gasteiger partial charge in [-0.3, -0.25) is 4.79 Å². The van der Waals surface area contributed by atoms with E-state index < -0.39 is 0 Å². The highest BCUT2D eigenvalue weighted by Gasteiger charge is 2.24. The van der Waals surface area contributed by atoms with E-state index in [1.54, 1.807) is 30.3 Å². The lowest BCUT2D eigenvalue weighted by atomic mass is 10.0. The van der Waals surface area contributed by atoms with Gasteiger partial charge in [0.05, 0.1) is 0 Å². The average molecular weight is 328 g/mol. The number of hydrogen-bond acceptors (Lipinski definition) is 4. The molecule has 1 aliphatic rings. The molecule has 6 heteroatoms. The minimum Gasteiger partial charge on any atom is -0.367 e. The van der Waals surface area contributed by atoms with Crippen LogP contribution in [-0.4, -0.2) is 39.9 Å². The Labute approximate surface area is 140 Å². The summed E-state index contributed by atoms with van der Waals surface area (Å²) in [5.74, 6) is 0.370. The Balaban J connectivity index is 1.58. The number of aromatic nitrogens is 2. The lowest BCUT2D eigenvalue weighted by Gasteiger charge is -2.32. The molecule has 0 atom stereocenters. The zero-order valence-electron chi connectivity index (χ0n) is 13.9. The molecule has 0 saturated carbocycles. The third-order valence-corrected chi connectivity index (χ3v) is 4.36. The fraction of sp³-hybridized carbons (Fsp3) is 0.389. The van der Waals surface area contributed by atoms with Gasteiger partial charge in [-0.1, -0.05) is 6.07 Å². The molecule has 126 valence electrons. The van der Waals surface area contributed by atoms with Crippen LogP contribution in [0.2, 0.25) is 0 Å². The van der Waals surface area contributed by atoms with Gasteiger partial charge in [0.25, 0.3) is 5.91 Å². The molecule has 1 aromatic heterocycles. The topological polar surface area (TPSA) is 58.1 Å². The van der Waals surface area contributed by atoms with E-state index in [9.17, 15) is 9.18 Å². The van der Waals surface area contributed by atoms with Crippen molar-refractivity contribution < 1.29 is 9.18 Å². The van der Waals surface area contributed by atoms with Gasteiger partial charge in [-0.15, -0.1) is 0 Å². The lowest BCUT2D eigenvalue weighted by molar-refractivity contribution is 0.0718. The van der Waals surface area contributed by atoms with Crippen molar-refractivity contribution in [2.45, 2.75) is 32.7 Å². The molecule has 24 heavy (non-hydrogen) atoms. The molecule has 3 rings (SSSR count). The largest absolute Gasteiger partial charge is 0.367 e. The molecule has 1 aliphatic heterocycles. The van der Waals surface area contributed by atoms with Crippen molar-refractivity contribution in [1.82, 2.24) is 14.9 Å². The van der Waals surface area contributed by atoms with Crippen LogP contribution in [-0.2, 0) is 0 Å². The van der Waals surface area contributed by atoms with Gasteiger partial charge in [-0.25, -0.2) is 14.4 Å². The van der Waals surface area contributed by atoms with E-state index >= 15 is 0 Å². The Morgan fingerprint density at radius 1 is 1.21 bits per heavy atom. The van der Waals surface area contributed by atoms with Crippen LogP contribution in [0, 0.1) is 19.7 Å². The van der Waals surface area contributed by atoms with Gasteiger partial charge in [-0.05, 0) is 44.4 Å². The first-order valence-electron chi connectivity index (χ1n) is 8.13. The van der Waals surface area contributed by atoms with Crippen LogP contribution in [0.15, 0.2) is 30.6 Å². The highest BCUT2D eigenvalue weighted by atomic mass is 19.1. The van der Waals surface area contributed by atoms with Crippen LogP contribution in [0.3, 0.4) is 0 Å². The van der Waals surface area contributed by atoms with Crippen molar-refractivity contribution in [2.75, 3.05) is 18.4 Å². The third-order valence-electron chi connectivity index (χ3n) is 4.36. The zero-order valence-corrected chi connectivity index (χ0v) is 13.9.